The summed E-state index contributed by atoms with van der Waals surface area (Å²) in [6.45, 7) is 20.6. The number of carbonyl (C=O) groups excluding carboxylic acids is 1. The van der Waals surface area contributed by atoms with Gasteiger partial charge in [0.1, 0.15) is 0 Å². The van der Waals surface area contributed by atoms with Crippen molar-refractivity contribution in [3.63, 3.8) is 0 Å². The molecule has 0 aliphatic heterocycles. The van der Waals surface area contributed by atoms with Crippen LogP contribution in [0.1, 0.15) is 167 Å². The fourth-order valence-corrected chi connectivity index (χ4v) is 10.0. The molecule has 0 unspecified atom stereocenters. The Kier molecular flexibility index (Phi) is 16.5. The summed E-state index contributed by atoms with van der Waals surface area (Å²) < 4.78 is 33.3. The first-order chi connectivity index (χ1) is 32.0. The van der Waals surface area contributed by atoms with E-state index in [1.807, 2.05) is 41.5 Å². The Hall–Kier alpha value is -4.44. The van der Waals surface area contributed by atoms with Crippen molar-refractivity contribution >= 4 is 27.3 Å². The number of ketones is 1. The summed E-state index contributed by atoms with van der Waals surface area (Å²) in [5.74, 6) is 1.74. The van der Waals surface area contributed by atoms with E-state index in [0.29, 0.717) is 11.8 Å². The van der Waals surface area contributed by atoms with Crippen molar-refractivity contribution in [3.8, 4) is 22.5 Å². The third kappa shape index (κ3) is 12.5. The molecule has 1 N–H and O–H groups in total. The molecular weight excluding hydrogens is 961 g/mol. The zero-order valence-corrected chi connectivity index (χ0v) is 42.5. The molecule has 8 rings (SSSR count). The van der Waals surface area contributed by atoms with Crippen LogP contribution in [0, 0.1) is 65.5 Å². The molecule has 0 spiro atoms. The van der Waals surface area contributed by atoms with E-state index in [1.165, 1.54) is 79.7 Å². The van der Waals surface area contributed by atoms with Crippen molar-refractivity contribution in [1.29, 1.82) is 0 Å². The Morgan fingerprint density at radius 3 is 1.39 bits per heavy atom. The van der Waals surface area contributed by atoms with Gasteiger partial charge in [0.25, 0.3) is 0 Å². The van der Waals surface area contributed by atoms with Gasteiger partial charge in [-0.15, -0.1) is 69.8 Å². The molecule has 0 amide bonds. The number of hydrogen-bond donors (Lipinski definition) is 1. The number of pyridine rings is 2. The molecule has 2 aliphatic carbocycles. The third-order valence-electron chi connectivity index (χ3n) is 13.5. The van der Waals surface area contributed by atoms with Gasteiger partial charge in [-0.2, -0.15) is 0 Å². The number of carbonyl (C=O) groups is 1. The third-order valence-corrected chi connectivity index (χ3v) is 13.5. The summed E-state index contributed by atoms with van der Waals surface area (Å²) in [5, 5.41) is 13.4. The van der Waals surface area contributed by atoms with Crippen molar-refractivity contribution in [2.75, 3.05) is 0 Å². The standard InChI is InChI=1S/2C23H24N.C13H24O2.Ir/c2*1-15-10-16(2)12-20(11-15)23-22-13-17(3)21(18-6-4-5-7-18)14-19(22)8-9-24-23;1-5-10(6-2)12(14)9-13(15)11(7-3)8-4;/h2*8-11,13-14,18H,4-7H2,1-3H3;9-11,14H,5-8H2,1-4H3;/q2*-1;;/b;;12-9-;/i2*8D,9D;;. The Labute approximate surface area is 404 Å². The summed E-state index contributed by atoms with van der Waals surface area (Å²) in [7, 11) is 0. The Morgan fingerprint density at radius 1 is 0.641 bits per heavy atom. The van der Waals surface area contributed by atoms with Crippen LogP contribution in [0.15, 0.2) is 84.8 Å². The van der Waals surface area contributed by atoms with E-state index in [-0.39, 0.29) is 67.9 Å². The van der Waals surface area contributed by atoms with E-state index in [4.69, 9.17) is 5.48 Å². The average Bonchev–Trinajstić information content (AvgIpc) is 4.03. The van der Waals surface area contributed by atoms with Gasteiger partial charge in [-0.1, -0.05) is 105 Å². The summed E-state index contributed by atoms with van der Waals surface area (Å²) in [6.07, 6.45) is 15.1. The molecular formula is C59H72IrN2O2-2. The van der Waals surface area contributed by atoms with E-state index in [9.17, 15) is 9.90 Å². The van der Waals surface area contributed by atoms with E-state index in [1.54, 1.807) is 0 Å². The van der Waals surface area contributed by atoms with E-state index in [2.05, 4.69) is 98.3 Å². The minimum Gasteiger partial charge on any atom is -0.512 e. The molecule has 0 saturated heterocycles. The van der Waals surface area contributed by atoms with E-state index in [0.717, 1.165) is 92.0 Å². The van der Waals surface area contributed by atoms with Crippen molar-refractivity contribution in [3.05, 3.63) is 141 Å². The molecule has 0 atom stereocenters. The van der Waals surface area contributed by atoms with Crippen LogP contribution in [0.2, 0.25) is 0 Å². The van der Waals surface area contributed by atoms with Crippen LogP contribution >= 0.6 is 0 Å². The first-order valence-electron chi connectivity index (χ1n) is 25.8. The zero-order chi connectivity index (χ0) is 48.7. The van der Waals surface area contributed by atoms with Gasteiger partial charge < -0.3 is 15.1 Å². The van der Waals surface area contributed by atoms with Crippen molar-refractivity contribution in [2.24, 2.45) is 11.8 Å². The van der Waals surface area contributed by atoms with Gasteiger partial charge in [0.05, 0.1) is 11.2 Å². The fraction of sp³-hybridized carbons (Fsp3) is 0.441. The maximum atomic E-state index is 11.7. The number of benzene rings is 4. The predicted molar refractivity (Wildman–Crippen MR) is 267 cm³/mol. The number of rotatable bonds is 11. The molecule has 2 heterocycles. The predicted octanol–water partition coefficient (Wildman–Crippen LogP) is 16.4. The second kappa shape index (κ2) is 23.7. The van der Waals surface area contributed by atoms with Crippen LogP contribution < -0.4 is 0 Å². The van der Waals surface area contributed by atoms with Crippen molar-refractivity contribution in [2.45, 2.75) is 158 Å². The van der Waals surface area contributed by atoms with Gasteiger partial charge in [-0.3, -0.25) is 4.79 Å². The minimum atomic E-state index is 0. The normalized spacial score (nSPS) is 15.3. The molecule has 2 saturated carbocycles. The summed E-state index contributed by atoms with van der Waals surface area (Å²) >= 11 is 0. The number of aliphatic hydroxyl groups excluding tert-OH is 1. The number of aromatic nitrogens is 2. The van der Waals surface area contributed by atoms with Crippen molar-refractivity contribution < 1.29 is 35.5 Å². The molecule has 64 heavy (non-hydrogen) atoms. The number of nitrogens with zero attached hydrogens (tertiary/aromatic N) is 2. The number of fused-ring (bicyclic) bond motifs is 2. The smallest absolute Gasteiger partial charge is 0.162 e. The first-order valence-corrected chi connectivity index (χ1v) is 23.8. The van der Waals surface area contributed by atoms with Crippen LogP contribution in [-0.2, 0) is 24.9 Å². The van der Waals surface area contributed by atoms with Crippen LogP contribution in [0.25, 0.3) is 44.1 Å². The van der Waals surface area contributed by atoms with Gasteiger partial charge in [0.2, 0.25) is 0 Å². The number of aryl methyl sites for hydroxylation is 6. The first kappa shape index (κ1) is 44.7. The molecule has 1 radical (unpaired) electrons. The number of aliphatic hydroxyl groups is 1. The summed E-state index contributed by atoms with van der Waals surface area (Å²) in [5.41, 5.74) is 13.1. The number of hydrogen-bond acceptors (Lipinski definition) is 4. The molecule has 5 heteroatoms. The topological polar surface area (TPSA) is 63.1 Å². The Bertz CT molecular complexity index is 2560. The van der Waals surface area contributed by atoms with E-state index < -0.39 is 0 Å². The van der Waals surface area contributed by atoms with Gasteiger partial charge in [0.15, 0.2) is 5.78 Å². The van der Waals surface area contributed by atoms with Crippen LogP contribution in [-0.4, -0.2) is 20.9 Å². The monoisotopic (exact) mass is 1040 g/mol. The quantitative estimate of drug-likeness (QED) is 0.0798. The molecule has 6 aromatic rings. The van der Waals surface area contributed by atoms with Crippen LogP contribution in [0.3, 0.4) is 0 Å². The molecule has 2 fully saturated rings. The molecule has 4 nitrogen and oxygen atoms in total. The van der Waals surface area contributed by atoms with Crippen LogP contribution in [0.4, 0.5) is 0 Å². The molecule has 4 aromatic carbocycles. The second-order valence-electron chi connectivity index (χ2n) is 18.4. The zero-order valence-electron chi connectivity index (χ0n) is 44.1. The fourth-order valence-electron chi connectivity index (χ4n) is 10.0. The van der Waals surface area contributed by atoms with Crippen molar-refractivity contribution in [1.82, 2.24) is 9.97 Å². The molecule has 0 bridgehead atoms. The van der Waals surface area contributed by atoms with Gasteiger partial charge >= 0.3 is 0 Å². The largest absolute Gasteiger partial charge is 0.512 e. The second-order valence-corrected chi connectivity index (χ2v) is 18.4. The Balaban J connectivity index is 0.000000197. The summed E-state index contributed by atoms with van der Waals surface area (Å²) in [6, 6.07) is 24.2. The van der Waals surface area contributed by atoms with Gasteiger partial charge in [0, 0.05) is 50.4 Å². The number of allylic oxidation sites excluding steroid dienone is 2. The molecule has 341 valence electrons. The molecule has 2 aromatic heterocycles. The molecule has 2 aliphatic rings. The summed E-state index contributed by atoms with van der Waals surface area (Å²) in [4.78, 5) is 20.7. The average molecular weight is 1040 g/mol. The van der Waals surface area contributed by atoms with Crippen LogP contribution in [0.5, 0.6) is 0 Å². The SMILES string of the molecule is CCC(CC)C(=O)/C=C(\O)C(CC)CC.[2H]c1nc(-c2[c-]c(C)cc(C)c2)c2cc(C)c(C3CCCC3)cc2c1[2H].[2H]c1nc(-c2[c-]c(C)cc(C)c2)c2cc(C)c(C3CCCC3)cc2c1[2H].[Ir]. The minimum absolute atomic E-state index is 0. The Morgan fingerprint density at radius 2 is 1.03 bits per heavy atom. The van der Waals surface area contributed by atoms with Gasteiger partial charge in [-0.05, 0) is 144 Å². The maximum Gasteiger partial charge on any atom is 0.162 e. The van der Waals surface area contributed by atoms with Gasteiger partial charge in [-0.25, -0.2) is 0 Å². The maximum absolute atomic E-state index is 11.7. The van der Waals surface area contributed by atoms with E-state index >= 15 is 0 Å².